The standard InChI is InChI=1S/C15H18BrN3O3/c1-9-10(16)4-7-17-12(9)11-3-5-15(19(11)14(21)22)6-8-18(2)13(15)20/h4,7,11H,3,5-6,8H2,1-2H3,(H,21,22)/t11-,15-/m1/s1. The summed E-state index contributed by atoms with van der Waals surface area (Å²) in [4.78, 5) is 31.8. The number of hydrogen-bond donors (Lipinski definition) is 1. The van der Waals surface area contributed by atoms with E-state index in [2.05, 4.69) is 20.9 Å². The molecule has 0 radical (unpaired) electrons. The maximum Gasteiger partial charge on any atom is 0.408 e. The minimum atomic E-state index is -1.05. The SMILES string of the molecule is Cc1c(Br)ccnc1[C@H]1CC[C@]2(CCN(C)C2=O)N1C(=O)O. The second-order valence-corrected chi connectivity index (χ2v) is 6.87. The normalized spacial score (nSPS) is 28.0. The van der Waals surface area contributed by atoms with Crippen LogP contribution in [0.5, 0.6) is 0 Å². The Morgan fingerprint density at radius 3 is 2.82 bits per heavy atom. The number of carbonyl (C=O) groups excluding carboxylic acids is 1. The molecule has 7 heteroatoms. The Labute approximate surface area is 137 Å². The van der Waals surface area contributed by atoms with Crippen molar-refractivity contribution >= 4 is 27.9 Å². The van der Waals surface area contributed by atoms with Gasteiger partial charge in [0.05, 0.1) is 11.7 Å². The number of likely N-dealkylation sites (tertiary alicyclic amines) is 2. The minimum Gasteiger partial charge on any atom is -0.465 e. The number of likely N-dealkylation sites (N-methyl/N-ethyl adjacent to an activating group) is 1. The molecule has 2 aliphatic heterocycles. The van der Waals surface area contributed by atoms with Crippen LogP contribution < -0.4 is 0 Å². The number of pyridine rings is 1. The van der Waals surface area contributed by atoms with Crippen molar-refractivity contribution in [3.63, 3.8) is 0 Å². The van der Waals surface area contributed by atoms with Crippen molar-refractivity contribution in [2.24, 2.45) is 0 Å². The molecule has 0 bridgehead atoms. The zero-order chi connectivity index (χ0) is 16.1. The molecule has 2 aliphatic rings. The number of amides is 2. The first-order valence-corrected chi connectivity index (χ1v) is 8.06. The monoisotopic (exact) mass is 367 g/mol. The number of carbonyl (C=O) groups is 2. The van der Waals surface area contributed by atoms with Crippen molar-refractivity contribution in [3.8, 4) is 0 Å². The maximum atomic E-state index is 12.6. The summed E-state index contributed by atoms with van der Waals surface area (Å²) in [6.07, 6.45) is 2.35. The van der Waals surface area contributed by atoms with Crippen molar-refractivity contribution < 1.29 is 14.7 Å². The van der Waals surface area contributed by atoms with Crippen LogP contribution in [0.1, 0.15) is 36.6 Å². The van der Waals surface area contributed by atoms with E-state index >= 15 is 0 Å². The lowest BCUT2D eigenvalue weighted by Gasteiger charge is -2.34. The van der Waals surface area contributed by atoms with Crippen LogP contribution in [0.15, 0.2) is 16.7 Å². The average molecular weight is 368 g/mol. The van der Waals surface area contributed by atoms with E-state index in [0.29, 0.717) is 25.8 Å². The van der Waals surface area contributed by atoms with Crippen molar-refractivity contribution in [1.29, 1.82) is 0 Å². The summed E-state index contributed by atoms with van der Waals surface area (Å²) in [7, 11) is 1.73. The Balaban J connectivity index is 2.06. The van der Waals surface area contributed by atoms with E-state index in [9.17, 15) is 14.7 Å². The minimum absolute atomic E-state index is 0.0925. The van der Waals surface area contributed by atoms with Crippen LogP contribution in [-0.2, 0) is 4.79 Å². The van der Waals surface area contributed by atoms with Crippen LogP contribution >= 0.6 is 15.9 Å². The maximum absolute atomic E-state index is 12.6. The lowest BCUT2D eigenvalue weighted by Crippen LogP contribution is -2.52. The zero-order valence-corrected chi connectivity index (χ0v) is 14.1. The largest absolute Gasteiger partial charge is 0.465 e. The van der Waals surface area contributed by atoms with E-state index in [-0.39, 0.29) is 11.9 Å². The van der Waals surface area contributed by atoms with Crippen LogP contribution in [0.4, 0.5) is 4.79 Å². The molecule has 3 rings (SSSR count). The fraction of sp³-hybridized carbons (Fsp3) is 0.533. The number of rotatable bonds is 1. The highest BCUT2D eigenvalue weighted by molar-refractivity contribution is 9.10. The van der Waals surface area contributed by atoms with E-state index in [4.69, 9.17) is 0 Å². The number of hydrogen-bond acceptors (Lipinski definition) is 3. The third-order valence-electron chi connectivity index (χ3n) is 4.91. The van der Waals surface area contributed by atoms with Gasteiger partial charge in [-0.05, 0) is 37.8 Å². The Morgan fingerprint density at radius 2 is 2.23 bits per heavy atom. The molecule has 22 heavy (non-hydrogen) atoms. The predicted octanol–water partition coefficient (Wildman–Crippen LogP) is 2.57. The first-order valence-electron chi connectivity index (χ1n) is 7.27. The average Bonchev–Trinajstić information content (AvgIpc) is 2.99. The van der Waals surface area contributed by atoms with Crippen molar-refractivity contribution in [3.05, 3.63) is 28.0 Å². The molecule has 2 amide bonds. The molecule has 2 saturated heterocycles. The van der Waals surface area contributed by atoms with Crippen LogP contribution in [0.3, 0.4) is 0 Å². The highest BCUT2D eigenvalue weighted by atomic mass is 79.9. The summed E-state index contributed by atoms with van der Waals surface area (Å²) < 4.78 is 0.902. The number of halogens is 1. The molecule has 118 valence electrons. The first-order chi connectivity index (χ1) is 10.4. The molecular formula is C15H18BrN3O3. The molecule has 0 aromatic carbocycles. The molecule has 1 aromatic heterocycles. The van der Waals surface area contributed by atoms with Crippen LogP contribution in [0.25, 0.3) is 0 Å². The summed E-state index contributed by atoms with van der Waals surface area (Å²) >= 11 is 3.47. The Morgan fingerprint density at radius 1 is 1.50 bits per heavy atom. The van der Waals surface area contributed by atoms with Gasteiger partial charge < -0.3 is 10.0 Å². The van der Waals surface area contributed by atoms with Gasteiger partial charge in [0.25, 0.3) is 0 Å². The van der Waals surface area contributed by atoms with Crippen molar-refractivity contribution in [1.82, 2.24) is 14.8 Å². The van der Waals surface area contributed by atoms with Gasteiger partial charge in [-0.15, -0.1) is 0 Å². The molecular weight excluding hydrogens is 350 g/mol. The third kappa shape index (κ3) is 2.02. The fourth-order valence-electron chi connectivity index (χ4n) is 3.73. The van der Waals surface area contributed by atoms with E-state index in [1.165, 1.54) is 4.90 Å². The van der Waals surface area contributed by atoms with Crippen LogP contribution in [-0.4, -0.2) is 51.0 Å². The quantitative estimate of drug-likeness (QED) is 0.827. The molecule has 0 saturated carbocycles. The van der Waals surface area contributed by atoms with Crippen LogP contribution in [0, 0.1) is 6.92 Å². The van der Waals surface area contributed by atoms with Gasteiger partial charge in [0, 0.05) is 24.3 Å². The van der Waals surface area contributed by atoms with E-state index < -0.39 is 11.6 Å². The molecule has 2 atom stereocenters. The predicted molar refractivity (Wildman–Crippen MR) is 83.5 cm³/mol. The lowest BCUT2D eigenvalue weighted by atomic mass is 9.94. The lowest BCUT2D eigenvalue weighted by molar-refractivity contribution is -0.135. The van der Waals surface area contributed by atoms with Gasteiger partial charge in [-0.3, -0.25) is 14.7 Å². The molecule has 1 aromatic rings. The molecule has 2 fully saturated rings. The van der Waals surface area contributed by atoms with Gasteiger partial charge in [0.2, 0.25) is 5.91 Å². The third-order valence-corrected chi connectivity index (χ3v) is 5.77. The smallest absolute Gasteiger partial charge is 0.408 e. The fourth-order valence-corrected chi connectivity index (χ4v) is 4.06. The van der Waals surface area contributed by atoms with Gasteiger partial charge in [-0.1, -0.05) is 15.9 Å². The van der Waals surface area contributed by atoms with Crippen molar-refractivity contribution in [2.45, 2.75) is 37.8 Å². The van der Waals surface area contributed by atoms with Gasteiger partial charge >= 0.3 is 6.09 Å². The molecule has 0 unspecified atom stereocenters. The summed E-state index contributed by atoms with van der Waals surface area (Å²) in [5.41, 5.74) is 0.743. The Kier molecular flexibility index (Phi) is 3.63. The molecule has 1 N–H and O–H groups in total. The van der Waals surface area contributed by atoms with Gasteiger partial charge in [-0.25, -0.2) is 4.79 Å². The molecule has 0 aliphatic carbocycles. The Bertz CT molecular complexity index is 651. The van der Waals surface area contributed by atoms with E-state index in [1.807, 2.05) is 13.0 Å². The summed E-state index contributed by atoms with van der Waals surface area (Å²) in [5, 5.41) is 9.75. The highest BCUT2D eigenvalue weighted by Gasteiger charge is 2.58. The summed E-state index contributed by atoms with van der Waals surface area (Å²) in [5.74, 6) is -0.0925. The summed E-state index contributed by atoms with van der Waals surface area (Å²) in [6, 6.07) is 1.47. The van der Waals surface area contributed by atoms with Gasteiger partial charge in [0.1, 0.15) is 5.54 Å². The molecule has 6 nitrogen and oxygen atoms in total. The first kappa shape index (κ1) is 15.3. The van der Waals surface area contributed by atoms with E-state index in [0.717, 1.165) is 15.7 Å². The molecule has 3 heterocycles. The second-order valence-electron chi connectivity index (χ2n) is 6.02. The van der Waals surface area contributed by atoms with Crippen molar-refractivity contribution in [2.75, 3.05) is 13.6 Å². The number of nitrogens with zero attached hydrogens (tertiary/aromatic N) is 3. The zero-order valence-electron chi connectivity index (χ0n) is 12.5. The summed E-state index contributed by atoms with van der Waals surface area (Å²) in [6.45, 7) is 2.51. The Hall–Kier alpha value is -1.63. The number of carboxylic acid groups (broad SMARTS) is 1. The van der Waals surface area contributed by atoms with E-state index in [1.54, 1.807) is 18.1 Å². The second kappa shape index (κ2) is 5.22. The molecule has 1 spiro atoms. The van der Waals surface area contributed by atoms with Gasteiger partial charge in [0.15, 0.2) is 0 Å². The highest BCUT2D eigenvalue weighted by Crippen LogP contribution is 2.48. The van der Waals surface area contributed by atoms with Gasteiger partial charge in [-0.2, -0.15) is 0 Å². The van der Waals surface area contributed by atoms with Crippen LogP contribution in [0.2, 0.25) is 0 Å². The topological polar surface area (TPSA) is 73.7 Å². The number of aromatic nitrogens is 1.